The zero-order valence-corrected chi connectivity index (χ0v) is 18.9. The zero-order valence-electron chi connectivity index (χ0n) is 18.1. The second kappa shape index (κ2) is 8.98. The second-order valence-corrected chi connectivity index (χ2v) is 10.3. The Kier molecular flexibility index (Phi) is 6.41. The van der Waals surface area contributed by atoms with E-state index in [4.69, 9.17) is 4.74 Å². The number of halogens is 3. The molecule has 1 aliphatic heterocycles. The number of benzene rings is 1. The van der Waals surface area contributed by atoms with Gasteiger partial charge in [-0.05, 0) is 43.9 Å². The Morgan fingerprint density at radius 1 is 1.09 bits per heavy atom. The van der Waals surface area contributed by atoms with Gasteiger partial charge in [-0.2, -0.15) is 27.3 Å². The van der Waals surface area contributed by atoms with E-state index in [1.807, 2.05) is 4.90 Å². The van der Waals surface area contributed by atoms with Gasteiger partial charge in [0.1, 0.15) is 5.69 Å². The molecule has 2 aromatic rings. The summed E-state index contributed by atoms with van der Waals surface area (Å²) in [5.74, 6) is 0.0297. The maximum absolute atomic E-state index is 13.4. The van der Waals surface area contributed by atoms with Crippen molar-refractivity contribution in [2.75, 3.05) is 37.3 Å². The molecule has 2 aliphatic rings. The quantitative estimate of drug-likeness (QED) is 0.646. The summed E-state index contributed by atoms with van der Waals surface area (Å²) < 4.78 is 71.5. The molecule has 33 heavy (non-hydrogen) atoms. The molecule has 1 aromatic carbocycles. The monoisotopic (exact) mass is 486 g/mol. The number of alkyl halides is 3. The molecular weight excluding hydrogens is 461 g/mol. The van der Waals surface area contributed by atoms with Crippen LogP contribution < -0.4 is 15.2 Å². The molecule has 0 amide bonds. The van der Waals surface area contributed by atoms with Gasteiger partial charge in [0.15, 0.2) is 0 Å². The van der Waals surface area contributed by atoms with Crippen LogP contribution in [0.15, 0.2) is 35.3 Å². The number of anilines is 1. The van der Waals surface area contributed by atoms with Crippen molar-refractivity contribution in [3.8, 4) is 11.4 Å². The summed E-state index contributed by atoms with van der Waals surface area (Å²) in [7, 11) is -3.33. The molecule has 0 radical (unpaired) electrons. The highest BCUT2D eigenvalue weighted by Crippen LogP contribution is 2.32. The highest BCUT2D eigenvalue weighted by Gasteiger charge is 2.32. The molecule has 0 spiro atoms. The van der Waals surface area contributed by atoms with Gasteiger partial charge in [0.25, 0.3) is 0 Å². The Hall–Kier alpha value is -2.60. The third kappa shape index (κ3) is 5.16. The average Bonchev–Trinajstić information content (AvgIpc) is 3.27. The number of piperazine rings is 1. The highest BCUT2D eigenvalue weighted by atomic mass is 32.2. The first-order valence-electron chi connectivity index (χ1n) is 10.7. The summed E-state index contributed by atoms with van der Waals surface area (Å²) in [5.41, 5.74) is -1.12. The molecule has 4 rings (SSSR count). The minimum atomic E-state index is -4.55. The molecule has 1 saturated carbocycles. The van der Waals surface area contributed by atoms with Crippen LogP contribution in [0.3, 0.4) is 0 Å². The SMILES string of the molecule is CS(=O)(=O)N1CCN(c2cnn(-c3cccc(C(F)(F)F)c3)c(=O)c2OC2CCCC2)CC1. The summed E-state index contributed by atoms with van der Waals surface area (Å²) in [4.78, 5) is 15.2. The lowest BCUT2D eigenvalue weighted by Gasteiger charge is -2.35. The third-order valence-corrected chi connectivity index (χ3v) is 7.27. The topological polar surface area (TPSA) is 84.7 Å². The first kappa shape index (κ1) is 23.6. The lowest BCUT2D eigenvalue weighted by molar-refractivity contribution is -0.137. The largest absolute Gasteiger partial charge is 0.483 e. The molecule has 0 bridgehead atoms. The zero-order chi connectivity index (χ0) is 23.8. The van der Waals surface area contributed by atoms with Crippen molar-refractivity contribution < 1.29 is 26.3 Å². The lowest BCUT2D eigenvalue weighted by Crippen LogP contribution is -2.49. The van der Waals surface area contributed by atoms with E-state index in [1.54, 1.807) is 0 Å². The van der Waals surface area contributed by atoms with Crippen molar-refractivity contribution in [3.05, 3.63) is 46.4 Å². The van der Waals surface area contributed by atoms with Crippen molar-refractivity contribution in [2.24, 2.45) is 0 Å². The number of hydrogen-bond donors (Lipinski definition) is 0. The molecule has 0 N–H and O–H groups in total. The van der Waals surface area contributed by atoms with Crippen LogP contribution in [0.5, 0.6) is 5.75 Å². The molecule has 8 nitrogen and oxygen atoms in total. The molecule has 12 heteroatoms. The Balaban J connectivity index is 1.71. The number of ether oxygens (including phenoxy) is 1. The van der Waals surface area contributed by atoms with Crippen LogP contribution in [0.1, 0.15) is 31.2 Å². The predicted molar refractivity (Wildman–Crippen MR) is 116 cm³/mol. The van der Waals surface area contributed by atoms with Crippen molar-refractivity contribution in [2.45, 2.75) is 38.0 Å². The summed E-state index contributed by atoms with van der Waals surface area (Å²) in [6.45, 7) is 1.17. The molecule has 0 atom stereocenters. The number of rotatable bonds is 5. The van der Waals surface area contributed by atoms with Crippen LogP contribution in [0, 0.1) is 0 Å². The van der Waals surface area contributed by atoms with Crippen LogP contribution in [0.2, 0.25) is 0 Å². The van der Waals surface area contributed by atoms with Gasteiger partial charge in [-0.3, -0.25) is 4.79 Å². The van der Waals surface area contributed by atoms with Crippen LogP contribution >= 0.6 is 0 Å². The van der Waals surface area contributed by atoms with Gasteiger partial charge in [0.05, 0.1) is 29.8 Å². The Bertz CT molecular complexity index is 1170. The van der Waals surface area contributed by atoms with Gasteiger partial charge in [-0.15, -0.1) is 0 Å². The van der Waals surface area contributed by atoms with Crippen LogP contribution in [0.4, 0.5) is 18.9 Å². The van der Waals surface area contributed by atoms with Gasteiger partial charge < -0.3 is 9.64 Å². The Morgan fingerprint density at radius 3 is 2.36 bits per heavy atom. The van der Waals surface area contributed by atoms with Crippen molar-refractivity contribution in [3.63, 3.8) is 0 Å². The maximum Gasteiger partial charge on any atom is 0.416 e. The molecule has 2 heterocycles. The minimum Gasteiger partial charge on any atom is -0.483 e. The van der Waals surface area contributed by atoms with Crippen molar-refractivity contribution in [1.29, 1.82) is 0 Å². The van der Waals surface area contributed by atoms with E-state index in [9.17, 15) is 26.4 Å². The van der Waals surface area contributed by atoms with Crippen molar-refractivity contribution in [1.82, 2.24) is 14.1 Å². The Morgan fingerprint density at radius 2 is 1.76 bits per heavy atom. The van der Waals surface area contributed by atoms with Gasteiger partial charge in [0, 0.05) is 26.2 Å². The molecule has 1 aromatic heterocycles. The second-order valence-electron chi connectivity index (χ2n) is 8.30. The molecule has 0 unspecified atom stereocenters. The third-order valence-electron chi connectivity index (χ3n) is 5.97. The summed E-state index contributed by atoms with van der Waals surface area (Å²) >= 11 is 0. The van der Waals surface area contributed by atoms with E-state index < -0.39 is 27.3 Å². The summed E-state index contributed by atoms with van der Waals surface area (Å²) in [6.07, 6.45) is 1.35. The van der Waals surface area contributed by atoms with Crippen LogP contribution in [0.25, 0.3) is 5.69 Å². The van der Waals surface area contributed by atoms with Gasteiger partial charge in [-0.1, -0.05) is 6.07 Å². The van der Waals surface area contributed by atoms with E-state index in [0.29, 0.717) is 18.8 Å². The molecule has 1 aliphatic carbocycles. The van der Waals surface area contributed by atoms with E-state index >= 15 is 0 Å². The van der Waals surface area contributed by atoms with Crippen LogP contribution in [-0.4, -0.2) is 61.0 Å². The fourth-order valence-corrected chi connectivity index (χ4v) is 5.02. The fourth-order valence-electron chi connectivity index (χ4n) is 4.20. The summed E-state index contributed by atoms with van der Waals surface area (Å²) in [6, 6.07) is 4.41. The fraction of sp³-hybridized carbons (Fsp3) is 0.524. The average molecular weight is 487 g/mol. The minimum absolute atomic E-state index is 0.0143. The van der Waals surface area contributed by atoms with E-state index in [2.05, 4.69) is 5.10 Å². The molecular formula is C21H25F3N4O4S. The van der Waals surface area contributed by atoms with E-state index in [0.717, 1.165) is 48.8 Å². The van der Waals surface area contributed by atoms with Gasteiger partial charge in [-0.25, -0.2) is 8.42 Å². The van der Waals surface area contributed by atoms with E-state index in [1.165, 1.54) is 22.6 Å². The molecule has 2 fully saturated rings. The number of nitrogens with zero attached hydrogens (tertiary/aromatic N) is 4. The van der Waals surface area contributed by atoms with Crippen molar-refractivity contribution >= 4 is 15.7 Å². The standard InChI is InChI=1S/C21H25F3N4O4S/c1-33(30,31)27-11-9-26(10-12-27)18-14-25-28(16-6-4-5-15(13-16)21(22,23)24)20(29)19(18)32-17-7-2-3-8-17/h4-6,13-14,17H,2-3,7-12H2,1H3. The first-order chi connectivity index (χ1) is 15.5. The molecule has 1 saturated heterocycles. The van der Waals surface area contributed by atoms with Crippen LogP contribution in [-0.2, 0) is 16.2 Å². The predicted octanol–water partition coefficient (Wildman–Crippen LogP) is 2.65. The van der Waals surface area contributed by atoms with Gasteiger partial charge in [0.2, 0.25) is 15.8 Å². The lowest BCUT2D eigenvalue weighted by atomic mass is 10.2. The number of sulfonamides is 1. The highest BCUT2D eigenvalue weighted by molar-refractivity contribution is 7.88. The first-order valence-corrected chi connectivity index (χ1v) is 12.6. The smallest absolute Gasteiger partial charge is 0.416 e. The number of hydrogen-bond acceptors (Lipinski definition) is 6. The summed E-state index contributed by atoms with van der Waals surface area (Å²) in [5, 5.41) is 4.13. The Labute approximate surface area is 189 Å². The molecule has 180 valence electrons. The van der Waals surface area contributed by atoms with Gasteiger partial charge >= 0.3 is 11.7 Å². The normalized spacial score (nSPS) is 18.6. The number of aromatic nitrogens is 2. The maximum atomic E-state index is 13.4. The van der Waals surface area contributed by atoms with E-state index in [-0.39, 0.29) is 30.6 Å².